The molecule has 0 bridgehead atoms. The van der Waals surface area contributed by atoms with Crippen LogP contribution >= 0.6 is 15.9 Å². The summed E-state index contributed by atoms with van der Waals surface area (Å²) in [6, 6.07) is 7.93. The molecule has 3 heteroatoms. The summed E-state index contributed by atoms with van der Waals surface area (Å²) in [4.78, 5) is 11.9. The first-order valence-electron chi connectivity index (χ1n) is 5.61. The first-order valence-corrected chi connectivity index (χ1v) is 6.73. The summed E-state index contributed by atoms with van der Waals surface area (Å²) in [5, 5.41) is 3.96. The predicted molar refractivity (Wildman–Crippen MR) is 71.1 cm³/mol. The second kappa shape index (κ2) is 6.69. The Morgan fingerprint density at radius 2 is 2.25 bits per heavy atom. The molecule has 1 N–H and O–H groups in total. The van der Waals surface area contributed by atoms with Crippen molar-refractivity contribution in [3.63, 3.8) is 0 Å². The molecule has 1 aromatic rings. The minimum atomic E-state index is 0.0245. The van der Waals surface area contributed by atoms with Crippen molar-refractivity contribution in [2.24, 2.45) is 0 Å². The van der Waals surface area contributed by atoms with Crippen molar-refractivity contribution in [1.29, 1.82) is 0 Å². The molecule has 88 valence electrons. The Labute approximate surface area is 106 Å². The van der Waals surface area contributed by atoms with Crippen LogP contribution in [-0.2, 0) is 0 Å². The number of hydrogen-bond donors (Lipinski definition) is 1. The molecular weight excluding hydrogens is 266 g/mol. The first kappa shape index (κ1) is 13.2. The average Bonchev–Trinajstić information content (AvgIpc) is 2.28. The van der Waals surface area contributed by atoms with Gasteiger partial charge in [-0.1, -0.05) is 40.5 Å². The zero-order valence-electron chi connectivity index (χ0n) is 9.79. The highest BCUT2D eigenvalue weighted by Gasteiger charge is 2.11. The van der Waals surface area contributed by atoms with Crippen LogP contribution in [0.4, 0.5) is 0 Å². The zero-order valence-corrected chi connectivity index (χ0v) is 11.4. The second-order valence-corrected chi connectivity index (χ2v) is 4.72. The van der Waals surface area contributed by atoms with E-state index in [0.717, 1.165) is 29.3 Å². The van der Waals surface area contributed by atoms with Gasteiger partial charge in [-0.2, -0.15) is 0 Å². The Kier molecular flexibility index (Phi) is 5.53. The Balaban J connectivity index is 2.64. The van der Waals surface area contributed by atoms with Crippen LogP contribution in [-0.4, -0.2) is 17.3 Å². The highest BCUT2D eigenvalue weighted by atomic mass is 79.9. The molecule has 0 radical (unpaired) electrons. The minimum absolute atomic E-state index is 0.0245. The molecule has 0 aliphatic heterocycles. The molecule has 0 saturated carbocycles. The SMILES string of the molecule is CCC(CCBr)NC(=O)c1cccc(C)c1. The van der Waals surface area contributed by atoms with E-state index in [1.54, 1.807) is 0 Å². The third-order valence-corrected chi connectivity index (χ3v) is 3.02. The Bertz CT molecular complexity index is 352. The lowest BCUT2D eigenvalue weighted by atomic mass is 10.1. The predicted octanol–water partition coefficient (Wildman–Crippen LogP) is 3.29. The number of carbonyl (C=O) groups is 1. The van der Waals surface area contributed by atoms with E-state index in [1.165, 1.54) is 0 Å². The zero-order chi connectivity index (χ0) is 12.0. The smallest absolute Gasteiger partial charge is 0.251 e. The standard InChI is InChI=1S/C13H18BrNO/c1-3-12(7-8-14)15-13(16)11-6-4-5-10(2)9-11/h4-6,9,12H,3,7-8H2,1-2H3,(H,15,16). The highest BCUT2D eigenvalue weighted by Crippen LogP contribution is 2.06. The lowest BCUT2D eigenvalue weighted by Crippen LogP contribution is -2.34. The van der Waals surface area contributed by atoms with Crippen molar-refractivity contribution in [1.82, 2.24) is 5.32 Å². The van der Waals surface area contributed by atoms with E-state index in [2.05, 4.69) is 28.2 Å². The van der Waals surface area contributed by atoms with Crippen LogP contribution in [0.2, 0.25) is 0 Å². The van der Waals surface area contributed by atoms with Crippen molar-refractivity contribution in [2.75, 3.05) is 5.33 Å². The normalized spacial score (nSPS) is 12.2. The number of halogens is 1. The summed E-state index contributed by atoms with van der Waals surface area (Å²) < 4.78 is 0. The molecule has 1 aromatic carbocycles. The number of hydrogen-bond acceptors (Lipinski definition) is 1. The molecule has 0 heterocycles. The minimum Gasteiger partial charge on any atom is -0.349 e. The molecule has 1 rings (SSSR count). The molecule has 1 unspecified atom stereocenters. The number of rotatable bonds is 5. The Morgan fingerprint density at radius 3 is 2.81 bits per heavy atom. The van der Waals surface area contributed by atoms with Gasteiger partial charge in [0.05, 0.1) is 0 Å². The van der Waals surface area contributed by atoms with Crippen LogP contribution < -0.4 is 5.32 Å². The van der Waals surface area contributed by atoms with E-state index >= 15 is 0 Å². The van der Waals surface area contributed by atoms with Crippen molar-refractivity contribution in [3.05, 3.63) is 35.4 Å². The van der Waals surface area contributed by atoms with Gasteiger partial charge in [-0.3, -0.25) is 4.79 Å². The third kappa shape index (κ3) is 3.97. The number of nitrogens with one attached hydrogen (secondary N) is 1. The summed E-state index contributed by atoms with van der Waals surface area (Å²) in [6.45, 7) is 4.08. The molecule has 0 aliphatic rings. The molecule has 0 aromatic heterocycles. The fourth-order valence-corrected chi connectivity index (χ4v) is 2.12. The van der Waals surface area contributed by atoms with E-state index in [4.69, 9.17) is 0 Å². The van der Waals surface area contributed by atoms with Gasteiger partial charge in [0.15, 0.2) is 0 Å². The largest absolute Gasteiger partial charge is 0.349 e. The molecule has 2 nitrogen and oxygen atoms in total. The van der Waals surface area contributed by atoms with E-state index in [9.17, 15) is 4.79 Å². The molecular formula is C13H18BrNO. The van der Waals surface area contributed by atoms with Gasteiger partial charge in [-0.05, 0) is 31.9 Å². The molecule has 1 atom stereocenters. The van der Waals surface area contributed by atoms with Crippen molar-refractivity contribution in [2.45, 2.75) is 32.7 Å². The lowest BCUT2D eigenvalue weighted by molar-refractivity contribution is 0.0935. The quantitative estimate of drug-likeness (QED) is 0.826. The fourth-order valence-electron chi connectivity index (χ4n) is 1.57. The Hall–Kier alpha value is -0.830. The van der Waals surface area contributed by atoms with Crippen LogP contribution in [0, 0.1) is 6.92 Å². The number of carbonyl (C=O) groups excluding carboxylic acids is 1. The maximum Gasteiger partial charge on any atom is 0.251 e. The summed E-state index contributed by atoms with van der Waals surface area (Å²) in [6.07, 6.45) is 1.93. The summed E-state index contributed by atoms with van der Waals surface area (Å²) in [5.74, 6) is 0.0245. The van der Waals surface area contributed by atoms with Crippen molar-refractivity contribution in [3.8, 4) is 0 Å². The van der Waals surface area contributed by atoms with Crippen molar-refractivity contribution < 1.29 is 4.79 Å². The first-order chi connectivity index (χ1) is 7.67. The number of amides is 1. The summed E-state index contributed by atoms with van der Waals surface area (Å²) in [7, 11) is 0. The van der Waals surface area contributed by atoms with Crippen LogP contribution in [0.3, 0.4) is 0 Å². The summed E-state index contributed by atoms with van der Waals surface area (Å²) in [5.41, 5.74) is 1.86. The molecule has 0 spiro atoms. The van der Waals surface area contributed by atoms with Gasteiger partial charge < -0.3 is 5.32 Å². The monoisotopic (exact) mass is 283 g/mol. The van der Waals surface area contributed by atoms with E-state index in [1.807, 2.05) is 31.2 Å². The maximum atomic E-state index is 11.9. The van der Waals surface area contributed by atoms with E-state index in [0.29, 0.717) is 0 Å². The van der Waals surface area contributed by atoms with Gasteiger partial charge in [0.25, 0.3) is 5.91 Å². The molecule has 0 saturated heterocycles. The topological polar surface area (TPSA) is 29.1 Å². The summed E-state index contributed by atoms with van der Waals surface area (Å²) >= 11 is 3.40. The number of aryl methyl sites for hydroxylation is 1. The van der Waals surface area contributed by atoms with E-state index < -0.39 is 0 Å². The van der Waals surface area contributed by atoms with Crippen molar-refractivity contribution >= 4 is 21.8 Å². The van der Waals surface area contributed by atoms with Gasteiger partial charge in [0.1, 0.15) is 0 Å². The van der Waals surface area contributed by atoms with Crippen LogP contribution in [0.15, 0.2) is 24.3 Å². The highest BCUT2D eigenvalue weighted by molar-refractivity contribution is 9.09. The number of alkyl halides is 1. The van der Waals surface area contributed by atoms with Gasteiger partial charge in [-0.15, -0.1) is 0 Å². The third-order valence-electron chi connectivity index (χ3n) is 2.57. The van der Waals surface area contributed by atoms with E-state index in [-0.39, 0.29) is 11.9 Å². The Morgan fingerprint density at radius 1 is 1.50 bits per heavy atom. The maximum absolute atomic E-state index is 11.9. The average molecular weight is 284 g/mol. The lowest BCUT2D eigenvalue weighted by Gasteiger charge is -2.15. The molecule has 0 fully saturated rings. The molecule has 0 aliphatic carbocycles. The molecule has 16 heavy (non-hydrogen) atoms. The van der Waals surface area contributed by atoms with Crippen LogP contribution in [0.1, 0.15) is 35.7 Å². The van der Waals surface area contributed by atoms with Gasteiger partial charge >= 0.3 is 0 Å². The molecule has 1 amide bonds. The second-order valence-electron chi connectivity index (χ2n) is 3.93. The van der Waals surface area contributed by atoms with Gasteiger partial charge in [0.2, 0.25) is 0 Å². The van der Waals surface area contributed by atoms with Gasteiger partial charge in [-0.25, -0.2) is 0 Å². The van der Waals surface area contributed by atoms with Crippen LogP contribution in [0.5, 0.6) is 0 Å². The van der Waals surface area contributed by atoms with Crippen LogP contribution in [0.25, 0.3) is 0 Å². The number of benzene rings is 1. The fraction of sp³-hybridized carbons (Fsp3) is 0.462. The van der Waals surface area contributed by atoms with Gasteiger partial charge in [0, 0.05) is 16.9 Å².